The molecule has 0 radical (unpaired) electrons. The molecule has 0 aliphatic heterocycles. The molecule has 0 saturated carbocycles. The highest BCUT2D eigenvalue weighted by Crippen LogP contribution is 2.27. The third-order valence-corrected chi connectivity index (χ3v) is 3.48. The number of benzene rings is 2. The van der Waals surface area contributed by atoms with E-state index in [1.165, 1.54) is 12.1 Å². The van der Waals surface area contributed by atoms with Crippen LogP contribution in [0.15, 0.2) is 40.9 Å². The molecule has 116 valence electrons. The van der Waals surface area contributed by atoms with E-state index < -0.39 is 5.82 Å². The van der Waals surface area contributed by atoms with Crippen LogP contribution < -0.4 is 14.8 Å². The number of rotatable bonds is 5. The third-order valence-electron chi connectivity index (χ3n) is 3.03. The minimum absolute atomic E-state index is 0.257. The molecule has 0 heterocycles. The zero-order chi connectivity index (χ0) is 16.1. The van der Waals surface area contributed by atoms with Crippen molar-refractivity contribution in [3.05, 3.63) is 57.8 Å². The molecule has 2 aromatic carbocycles. The maximum atomic E-state index is 13.3. The number of nitrogens with one attached hydrogen (secondary N) is 1. The van der Waals surface area contributed by atoms with Crippen LogP contribution in [0.25, 0.3) is 0 Å². The second kappa shape index (κ2) is 7.26. The zero-order valence-electron chi connectivity index (χ0n) is 12.2. The van der Waals surface area contributed by atoms with Crippen LogP contribution in [0.4, 0.5) is 4.39 Å². The highest BCUT2D eigenvalue weighted by atomic mass is 79.9. The van der Waals surface area contributed by atoms with Gasteiger partial charge in [0, 0.05) is 16.6 Å². The molecule has 4 nitrogen and oxygen atoms in total. The molecule has 22 heavy (non-hydrogen) atoms. The summed E-state index contributed by atoms with van der Waals surface area (Å²) in [5.74, 6) is 0.384. The van der Waals surface area contributed by atoms with Gasteiger partial charge in [-0.15, -0.1) is 0 Å². The van der Waals surface area contributed by atoms with Gasteiger partial charge in [0.05, 0.1) is 14.2 Å². The molecular formula is C16H15BrFNO3. The molecule has 0 atom stereocenters. The Balaban J connectivity index is 2.07. The molecule has 1 amide bonds. The van der Waals surface area contributed by atoms with Crippen molar-refractivity contribution in [3.8, 4) is 11.5 Å². The van der Waals surface area contributed by atoms with Crippen molar-refractivity contribution in [3.63, 3.8) is 0 Å². The molecule has 0 bridgehead atoms. The molecule has 0 aromatic heterocycles. The van der Waals surface area contributed by atoms with Crippen molar-refractivity contribution in [1.82, 2.24) is 5.32 Å². The van der Waals surface area contributed by atoms with Crippen molar-refractivity contribution in [1.29, 1.82) is 0 Å². The first-order valence-electron chi connectivity index (χ1n) is 6.48. The van der Waals surface area contributed by atoms with Gasteiger partial charge in [-0.2, -0.15) is 0 Å². The smallest absolute Gasteiger partial charge is 0.251 e. The monoisotopic (exact) mass is 367 g/mol. The predicted molar refractivity (Wildman–Crippen MR) is 84.8 cm³/mol. The van der Waals surface area contributed by atoms with Crippen molar-refractivity contribution in [2.24, 2.45) is 0 Å². The fraction of sp³-hybridized carbons (Fsp3) is 0.188. The van der Waals surface area contributed by atoms with Gasteiger partial charge in [0.15, 0.2) is 11.5 Å². The van der Waals surface area contributed by atoms with Crippen LogP contribution in [-0.4, -0.2) is 20.1 Å². The van der Waals surface area contributed by atoms with E-state index in [4.69, 9.17) is 9.47 Å². The van der Waals surface area contributed by atoms with Crippen molar-refractivity contribution >= 4 is 21.8 Å². The lowest BCUT2D eigenvalue weighted by Gasteiger charge is -2.10. The first-order chi connectivity index (χ1) is 10.5. The van der Waals surface area contributed by atoms with Crippen molar-refractivity contribution < 1.29 is 18.7 Å². The molecule has 6 heteroatoms. The second-order valence-corrected chi connectivity index (χ2v) is 5.45. The Hall–Kier alpha value is -2.08. The second-order valence-electron chi connectivity index (χ2n) is 4.53. The first-order valence-corrected chi connectivity index (χ1v) is 7.28. The Bertz CT molecular complexity index is 671. The summed E-state index contributed by atoms with van der Waals surface area (Å²) in [6, 6.07) is 9.41. The largest absolute Gasteiger partial charge is 0.493 e. The van der Waals surface area contributed by atoms with E-state index in [2.05, 4.69) is 21.2 Å². The number of hydrogen-bond acceptors (Lipinski definition) is 3. The van der Waals surface area contributed by atoms with E-state index in [1.807, 2.05) is 6.07 Å². The average Bonchev–Trinajstić information content (AvgIpc) is 2.51. The lowest BCUT2D eigenvalue weighted by atomic mass is 10.1. The number of halogens is 2. The summed E-state index contributed by atoms with van der Waals surface area (Å²) < 4.78 is 24.2. The average molecular weight is 368 g/mol. The van der Waals surface area contributed by atoms with Gasteiger partial charge in [0.1, 0.15) is 5.82 Å². The van der Waals surface area contributed by atoms with Gasteiger partial charge in [0.2, 0.25) is 0 Å². The van der Waals surface area contributed by atoms with Gasteiger partial charge in [-0.1, -0.05) is 22.0 Å². The lowest BCUT2D eigenvalue weighted by Crippen LogP contribution is -2.23. The summed E-state index contributed by atoms with van der Waals surface area (Å²) in [4.78, 5) is 12.0. The summed E-state index contributed by atoms with van der Waals surface area (Å²) in [6.45, 7) is 0.299. The SMILES string of the molecule is COc1ccc(CNC(=O)c2cc(F)cc(Br)c2)cc1OC. The van der Waals surface area contributed by atoms with E-state index in [-0.39, 0.29) is 11.5 Å². The molecule has 2 rings (SSSR count). The Morgan fingerprint density at radius 1 is 1.14 bits per heavy atom. The number of carbonyl (C=O) groups is 1. The Kier molecular flexibility index (Phi) is 5.38. The van der Waals surface area contributed by atoms with E-state index in [1.54, 1.807) is 32.4 Å². The molecule has 0 unspecified atom stereocenters. The van der Waals surface area contributed by atoms with E-state index in [0.717, 1.165) is 5.56 Å². The standard InChI is InChI=1S/C16H15BrFNO3/c1-21-14-4-3-10(5-15(14)22-2)9-19-16(20)11-6-12(17)8-13(18)7-11/h3-8H,9H2,1-2H3,(H,19,20). The van der Waals surface area contributed by atoms with Crippen LogP contribution >= 0.6 is 15.9 Å². The van der Waals surface area contributed by atoms with Gasteiger partial charge in [0.25, 0.3) is 5.91 Å². The van der Waals surface area contributed by atoms with E-state index >= 15 is 0 Å². The van der Waals surface area contributed by atoms with Crippen LogP contribution in [0.5, 0.6) is 11.5 Å². The first kappa shape index (κ1) is 16.3. The fourth-order valence-corrected chi connectivity index (χ4v) is 2.43. The number of methoxy groups -OCH3 is 2. The van der Waals surface area contributed by atoms with Crippen LogP contribution in [0.2, 0.25) is 0 Å². The van der Waals surface area contributed by atoms with Gasteiger partial charge < -0.3 is 14.8 Å². The van der Waals surface area contributed by atoms with E-state index in [9.17, 15) is 9.18 Å². The predicted octanol–water partition coefficient (Wildman–Crippen LogP) is 3.54. The molecule has 1 N–H and O–H groups in total. The molecule has 0 aliphatic rings. The lowest BCUT2D eigenvalue weighted by molar-refractivity contribution is 0.0950. The molecular weight excluding hydrogens is 353 g/mol. The molecule has 0 spiro atoms. The molecule has 0 aliphatic carbocycles. The number of carbonyl (C=O) groups excluding carboxylic acids is 1. The number of hydrogen-bond donors (Lipinski definition) is 1. The maximum Gasteiger partial charge on any atom is 0.251 e. The van der Waals surface area contributed by atoms with Crippen LogP contribution in [0, 0.1) is 5.82 Å². The minimum Gasteiger partial charge on any atom is -0.493 e. The summed E-state index contributed by atoms with van der Waals surface area (Å²) in [6.07, 6.45) is 0. The fourth-order valence-electron chi connectivity index (χ4n) is 1.96. The van der Waals surface area contributed by atoms with Crippen molar-refractivity contribution in [2.75, 3.05) is 14.2 Å². The Morgan fingerprint density at radius 2 is 1.86 bits per heavy atom. The highest BCUT2D eigenvalue weighted by molar-refractivity contribution is 9.10. The quantitative estimate of drug-likeness (QED) is 0.879. The van der Waals surface area contributed by atoms with Crippen LogP contribution in [0.1, 0.15) is 15.9 Å². The van der Waals surface area contributed by atoms with Crippen LogP contribution in [-0.2, 0) is 6.54 Å². The molecule has 2 aromatic rings. The van der Waals surface area contributed by atoms with Crippen LogP contribution in [0.3, 0.4) is 0 Å². The molecule has 0 saturated heterocycles. The zero-order valence-corrected chi connectivity index (χ0v) is 13.7. The van der Waals surface area contributed by atoms with Gasteiger partial charge in [-0.05, 0) is 35.9 Å². The van der Waals surface area contributed by atoms with Crippen molar-refractivity contribution in [2.45, 2.75) is 6.54 Å². The highest BCUT2D eigenvalue weighted by Gasteiger charge is 2.09. The van der Waals surface area contributed by atoms with E-state index in [0.29, 0.717) is 22.5 Å². The summed E-state index contributed by atoms with van der Waals surface area (Å²) in [5, 5.41) is 2.74. The maximum absolute atomic E-state index is 13.3. The summed E-state index contributed by atoms with van der Waals surface area (Å²) in [7, 11) is 3.10. The summed E-state index contributed by atoms with van der Waals surface area (Å²) >= 11 is 3.16. The molecule has 0 fully saturated rings. The van der Waals surface area contributed by atoms with Gasteiger partial charge in [-0.3, -0.25) is 4.79 Å². The summed E-state index contributed by atoms with van der Waals surface area (Å²) in [5.41, 5.74) is 1.11. The number of amides is 1. The Labute approximate surface area is 136 Å². The third kappa shape index (κ3) is 3.98. The van der Waals surface area contributed by atoms with Gasteiger partial charge >= 0.3 is 0 Å². The minimum atomic E-state index is -0.467. The number of ether oxygens (including phenoxy) is 2. The normalized spacial score (nSPS) is 10.2. The van der Waals surface area contributed by atoms with Gasteiger partial charge in [-0.25, -0.2) is 4.39 Å². The Morgan fingerprint density at radius 3 is 2.50 bits per heavy atom. The topological polar surface area (TPSA) is 47.6 Å².